The summed E-state index contributed by atoms with van der Waals surface area (Å²) in [5, 5.41) is 4.52. The maximum Gasteiger partial charge on any atom is -0.0149 e. The molecular weight excluding hydrogens is 393 g/mol. The van der Waals surface area contributed by atoms with E-state index in [1.165, 1.54) is 11.1 Å². The Balaban J connectivity index is 0.00000176. The van der Waals surface area contributed by atoms with Crippen LogP contribution in [0.15, 0.2) is 60.7 Å². The first-order valence-corrected chi connectivity index (χ1v) is 12.0. The van der Waals surface area contributed by atoms with Gasteiger partial charge >= 0.3 is 129 Å². The average Bonchev–Trinajstić information content (AvgIpc) is 2.92. The summed E-state index contributed by atoms with van der Waals surface area (Å²) < 4.78 is 3.74. The van der Waals surface area contributed by atoms with Crippen LogP contribution >= 0.6 is 0 Å². The van der Waals surface area contributed by atoms with Crippen LogP contribution in [-0.2, 0) is 16.8 Å². The third-order valence-corrected chi connectivity index (χ3v) is 8.62. The number of allylic oxidation sites excluding steroid dienone is 1. The van der Waals surface area contributed by atoms with Crippen molar-refractivity contribution in [2.24, 2.45) is 0 Å². The van der Waals surface area contributed by atoms with Crippen molar-refractivity contribution in [2.45, 2.75) is 14.7 Å². The summed E-state index contributed by atoms with van der Waals surface area (Å²) >= 11 is -2.52. The van der Waals surface area contributed by atoms with Crippen molar-refractivity contribution in [2.75, 3.05) is 0 Å². The van der Waals surface area contributed by atoms with Gasteiger partial charge in [0.2, 0.25) is 0 Å². The molecule has 2 nitrogen and oxygen atoms in total. The molecule has 0 aromatic heterocycles. The summed E-state index contributed by atoms with van der Waals surface area (Å²) in [7, 11) is 0. The van der Waals surface area contributed by atoms with Crippen LogP contribution in [0.3, 0.4) is 0 Å². The number of fused-ring (bicyclic) bond motifs is 1. The van der Waals surface area contributed by atoms with E-state index in [1.54, 1.807) is 0 Å². The molecule has 1 amide bonds. The van der Waals surface area contributed by atoms with E-state index in [0.717, 1.165) is 5.56 Å². The second-order valence-corrected chi connectivity index (χ2v) is 12.7. The van der Waals surface area contributed by atoms with Gasteiger partial charge in [0.1, 0.15) is 0 Å². The maximum absolute atomic E-state index is 12.4. The molecule has 0 bridgehead atoms. The van der Waals surface area contributed by atoms with Gasteiger partial charge in [-0.25, -0.2) is 0 Å². The van der Waals surface area contributed by atoms with Crippen LogP contribution in [0.25, 0.3) is 6.08 Å². The Labute approximate surface area is 164 Å². The maximum atomic E-state index is 12.4. The molecule has 2 aromatic rings. The first kappa shape index (κ1) is 23.2. The predicted octanol–water partition coefficient (Wildman–Crippen LogP) is -3.09. The summed E-state index contributed by atoms with van der Waals surface area (Å²) in [5.74, 6) is 0.0541. The summed E-state index contributed by atoms with van der Waals surface area (Å²) in [5.41, 5.74) is 3.39. The summed E-state index contributed by atoms with van der Waals surface area (Å²) in [6.07, 6.45) is 4.44. The van der Waals surface area contributed by atoms with E-state index < -0.39 is 16.8 Å². The molecule has 6 heteroatoms. The third kappa shape index (κ3) is 4.84. The van der Waals surface area contributed by atoms with Gasteiger partial charge in [-0.3, -0.25) is 0 Å². The zero-order valence-corrected chi connectivity index (χ0v) is 16.2. The van der Waals surface area contributed by atoms with Crippen molar-refractivity contribution in [1.82, 2.24) is 3.80 Å². The Hall–Kier alpha value is -0.839. The van der Waals surface area contributed by atoms with Crippen molar-refractivity contribution >= 4 is 22.9 Å². The third-order valence-electron chi connectivity index (χ3n) is 4.05. The van der Waals surface area contributed by atoms with Crippen molar-refractivity contribution in [3.8, 4) is 0 Å². The van der Waals surface area contributed by atoms with E-state index in [4.69, 9.17) is 0 Å². The van der Waals surface area contributed by atoms with Crippen LogP contribution in [0.5, 0.6) is 0 Å². The van der Waals surface area contributed by atoms with Gasteiger partial charge < -0.3 is 24.8 Å². The van der Waals surface area contributed by atoms with E-state index in [2.05, 4.69) is 50.7 Å². The zero-order valence-electron chi connectivity index (χ0n) is 13.1. The standard InChI is InChI=1S/C9H7.C7H7NO.2CH3.2ClH.H4Si.Ti/c1-2-5-9-7-3-6-8(9)4-1;8-7(9)6-4-2-1-3-5-6;;;;;;/h1-7H;1-5H,(H2,8,9);2*1H3;2*1H;1H4;/q;;;;;;;+3/p-3. The van der Waals surface area contributed by atoms with E-state index in [-0.39, 0.29) is 41.7 Å². The molecule has 1 aliphatic carbocycles. The molecule has 24 heavy (non-hydrogen) atoms. The molecule has 1 N–H and O–H groups in total. The quantitative estimate of drug-likeness (QED) is 0.529. The Bertz CT molecular complexity index is 707. The number of nitrogens with one attached hydrogen (secondary N) is 1. The number of carbonyl (C=O) groups excluding carboxylic acids is 1. The Morgan fingerprint density at radius 2 is 1.54 bits per heavy atom. The molecule has 0 fully saturated rings. The minimum absolute atomic E-state index is 0. The molecule has 0 radical (unpaired) electrons. The number of carbonyl (C=O) groups is 1. The molecule has 2 aromatic carbocycles. The largest absolute Gasteiger partial charge is 1.00 e. The average molecular weight is 416 g/mol. The molecule has 0 aliphatic heterocycles. The van der Waals surface area contributed by atoms with Gasteiger partial charge in [0.15, 0.2) is 0 Å². The van der Waals surface area contributed by atoms with Gasteiger partial charge in [-0.15, -0.1) is 0 Å². The first-order valence-electron chi connectivity index (χ1n) is 7.22. The topological polar surface area (TPSA) is 29.1 Å². The summed E-state index contributed by atoms with van der Waals surface area (Å²) in [6, 6.07) is 17.9. The number of hydrogen-bond donors (Lipinski definition) is 1. The number of rotatable bonds is 3. The minimum atomic E-state index is -2.52. The number of halogens is 2. The summed E-state index contributed by atoms with van der Waals surface area (Å²) in [6.45, 7) is 0. The molecule has 0 saturated heterocycles. The molecule has 1 unspecified atom stereocenters. The van der Waals surface area contributed by atoms with Crippen molar-refractivity contribution in [3.05, 3.63) is 77.4 Å². The monoisotopic (exact) mass is 415 g/mol. The van der Waals surface area contributed by atoms with Crippen LogP contribution < -0.4 is 28.6 Å². The van der Waals surface area contributed by atoms with Crippen LogP contribution in [0.1, 0.15) is 25.7 Å². The first-order chi connectivity index (χ1) is 10.1. The second kappa shape index (κ2) is 9.59. The second-order valence-electron chi connectivity index (χ2n) is 6.01. The van der Waals surface area contributed by atoms with Crippen LogP contribution in [0.4, 0.5) is 0 Å². The van der Waals surface area contributed by atoms with Gasteiger partial charge in [0, 0.05) is 0 Å². The predicted molar refractivity (Wildman–Crippen MR) is 95.2 cm³/mol. The molecule has 128 valence electrons. The minimum Gasteiger partial charge on any atom is -1.00 e. The zero-order chi connectivity index (χ0) is 14.9. The molecule has 1 atom stereocenters. The van der Waals surface area contributed by atoms with Crippen molar-refractivity contribution in [1.29, 1.82) is 0 Å². The smallest absolute Gasteiger partial charge is 0.0149 e. The van der Waals surface area contributed by atoms with Gasteiger partial charge in [-0.1, -0.05) is 0 Å². The normalized spacial score (nSPS) is 13.8. The molecular formula is C18H23Cl2NOSiTi. The molecule has 3 rings (SSSR count). The number of amides is 1. The molecule has 0 saturated carbocycles. The summed E-state index contributed by atoms with van der Waals surface area (Å²) in [4.78, 5) is 12.4. The Morgan fingerprint density at radius 1 is 0.958 bits per heavy atom. The van der Waals surface area contributed by atoms with Gasteiger partial charge in [-0.2, -0.15) is 0 Å². The Morgan fingerprint density at radius 3 is 2.21 bits per heavy atom. The van der Waals surface area contributed by atoms with Gasteiger partial charge in [0.05, 0.1) is 0 Å². The van der Waals surface area contributed by atoms with E-state index in [1.807, 2.05) is 30.3 Å². The number of hydrogen-bond acceptors (Lipinski definition) is 1. The number of benzene rings is 2. The fraction of sp³-hybridized carbons (Fsp3) is 0.167. The van der Waals surface area contributed by atoms with E-state index in [9.17, 15) is 4.79 Å². The van der Waals surface area contributed by atoms with Gasteiger partial charge in [0.25, 0.3) is 0 Å². The van der Waals surface area contributed by atoms with E-state index >= 15 is 0 Å². The van der Waals surface area contributed by atoms with E-state index in [0.29, 0.717) is 4.22 Å². The SMILES string of the molecule is [CH3][Ti+2]([CH3])([NH]C(=O)c1ccccc1)[CH]1C=Cc2ccccc21.[Cl-].[Cl-].[SiH4]. The molecule has 0 heterocycles. The molecule has 1 aliphatic rings. The fourth-order valence-corrected chi connectivity index (χ4v) is 6.82. The van der Waals surface area contributed by atoms with Crippen LogP contribution in [-0.4, -0.2) is 16.9 Å². The van der Waals surface area contributed by atoms with Crippen molar-refractivity contribution in [3.63, 3.8) is 0 Å². The Kier molecular flexibility index (Phi) is 9.26. The van der Waals surface area contributed by atoms with Crippen molar-refractivity contribution < 1.29 is 46.5 Å². The van der Waals surface area contributed by atoms with Crippen LogP contribution in [0.2, 0.25) is 10.5 Å². The fourth-order valence-electron chi connectivity index (χ4n) is 2.91. The van der Waals surface area contributed by atoms with Crippen LogP contribution in [0, 0.1) is 0 Å². The molecule has 0 spiro atoms. The van der Waals surface area contributed by atoms with Gasteiger partial charge in [-0.05, 0) is 11.0 Å².